The number of benzene rings is 1. The lowest BCUT2D eigenvalue weighted by atomic mass is 9.88. The molecule has 0 atom stereocenters. The fraction of sp³-hybridized carbons (Fsp3) is 0.333. The second-order valence-corrected chi connectivity index (χ2v) is 7.42. The maximum absolute atomic E-state index is 14.7. The summed E-state index contributed by atoms with van der Waals surface area (Å²) in [5, 5.41) is 3.91. The number of likely N-dealkylation sites (N-methyl/N-ethyl adjacent to an activating group) is 1. The normalized spacial score (nSPS) is 16.0. The molecule has 2 aromatic rings. The number of nitrogens with zero attached hydrogens (tertiary/aromatic N) is 3. The zero-order valence-corrected chi connectivity index (χ0v) is 16.6. The van der Waals surface area contributed by atoms with Gasteiger partial charge in [-0.15, -0.1) is 0 Å². The van der Waals surface area contributed by atoms with Crippen molar-refractivity contribution in [2.24, 2.45) is 5.10 Å². The van der Waals surface area contributed by atoms with Crippen molar-refractivity contribution < 1.29 is 17.6 Å². The molecule has 0 radical (unpaired) electrons. The van der Waals surface area contributed by atoms with E-state index in [1.54, 1.807) is 6.07 Å². The summed E-state index contributed by atoms with van der Waals surface area (Å²) in [6.45, 7) is 8.90. The van der Waals surface area contributed by atoms with E-state index < -0.39 is 17.6 Å². The Balaban J connectivity index is 1.83. The average molecular weight is 406 g/mol. The Kier molecular flexibility index (Phi) is 5.38. The minimum Gasteiger partial charge on any atom is -0.363 e. The van der Waals surface area contributed by atoms with Gasteiger partial charge in [-0.3, -0.25) is 5.43 Å². The van der Waals surface area contributed by atoms with Crippen LogP contribution in [0.1, 0.15) is 44.4 Å². The molecule has 1 aromatic carbocycles. The lowest BCUT2D eigenvalue weighted by Crippen LogP contribution is -2.45. The summed E-state index contributed by atoms with van der Waals surface area (Å²) in [6, 6.07) is 5.28. The Hall–Kier alpha value is -2.90. The van der Waals surface area contributed by atoms with E-state index in [-0.39, 0.29) is 16.9 Å². The van der Waals surface area contributed by atoms with Gasteiger partial charge in [0, 0.05) is 29.6 Å². The summed E-state index contributed by atoms with van der Waals surface area (Å²) in [6.07, 6.45) is -0.305. The SMILES string of the molecule is CCN1c2cc(F)c(/C=N/Nc3ccc(C(F)(F)F)cn3)cc2C(C)=CC1(C)C. The Bertz CT molecular complexity index is 960. The first-order valence-electron chi connectivity index (χ1n) is 9.16. The number of allylic oxidation sites excluding steroid dienone is 1. The predicted molar refractivity (Wildman–Crippen MR) is 108 cm³/mol. The maximum Gasteiger partial charge on any atom is 0.417 e. The van der Waals surface area contributed by atoms with Crippen molar-refractivity contribution in [1.29, 1.82) is 0 Å². The largest absolute Gasteiger partial charge is 0.417 e. The van der Waals surface area contributed by atoms with Gasteiger partial charge in [0.25, 0.3) is 0 Å². The van der Waals surface area contributed by atoms with E-state index in [2.05, 4.69) is 40.3 Å². The molecule has 154 valence electrons. The standard InChI is InChI=1S/C21H22F4N4/c1-5-29-18-9-17(22)14(8-16(18)13(2)10-20(29,3)4)11-27-28-19-7-6-15(12-26-19)21(23,24)25/h6-12H,5H2,1-4H3,(H,26,28)/b27-11+. The Morgan fingerprint density at radius 2 is 1.97 bits per heavy atom. The van der Waals surface area contributed by atoms with Gasteiger partial charge >= 0.3 is 6.18 Å². The summed E-state index contributed by atoms with van der Waals surface area (Å²) < 4.78 is 52.4. The number of fused-ring (bicyclic) bond motifs is 1. The van der Waals surface area contributed by atoms with Crippen LogP contribution in [0, 0.1) is 5.82 Å². The van der Waals surface area contributed by atoms with Crippen molar-refractivity contribution in [3.63, 3.8) is 0 Å². The lowest BCUT2D eigenvalue weighted by molar-refractivity contribution is -0.137. The summed E-state index contributed by atoms with van der Waals surface area (Å²) in [7, 11) is 0. The molecule has 0 spiro atoms. The number of pyridine rings is 1. The molecule has 0 saturated heterocycles. The third-order valence-corrected chi connectivity index (χ3v) is 4.89. The Morgan fingerprint density at radius 1 is 1.24 bits per heavy atom. The van der Waals surface area contributed by atoms with Crippen LogP contribution in [0.4, 0.5) is 29.1 Å². The van der Waals surface area contributed by atoms with Gasteiger partial charge in [0.2, 0.25) is 0 Å². The van der Waals surface area contributed by atoms with E-state index in [0.29, 0.717) is 6.20 Å². The van der Waals surface area contributed by atoms with E-state index >= 15 is 0 Å². The number of alkyl halides is 3. The fourth-order valence-corrected chi connectivity index (χ4v) is 3.59. The first-order chi connectivity index (χ1) is 13.5. The van der Waals surface area contributed by atoms with Crippen molar-refractivity contribution in [1.82, 2.24) is 4.98 Å². The highest BCUT2D eigenvalue weighted by molar-refractivity contribution is 5.88. The Morgan fingerprint density at radius 3 is 2.55 bits per heavy atom. The highest BCUT2D eigenvalue weighted by Gasteiger charge is 2.31. The maximum atomic E-state index is 14.7. The molecule has 0 fully saturated rings. The van der Waals surface area contributed by atoms with E-state index in [0.717, 1.165) is 35.5 Å². The van der Waals surface area contributed by atoms with Crippen LogP contribution in [-0.4, -0.2) is 23.3 Å². The van der Waals surface area contributed by atoms with E-state index in [1.165, 1.54) is 12.3 Å². The van der Waals surface area contributed by atoms with Gasteiger partial charge in [0.05, 0.1) is 17.3 Å². The third-order valence-electron chi connectivity index (χ3n) is 4.89. The second kappa shape index (κ2) is 7.50. The molecular weight excluding hydrogens is 384 g/mol. The second-order valence-electron chi connectivity index (χ2n) is 7.42. The minimum absolute atomic E-state index is 0.127. The smallest absolute Gasteiger partial charge is 0.363 e. The zero-order valence-electron chi connectivity index (χ0n) is 16.6. The van der Waals surface area contributed by atoms with Crippen molar-refractivity contribution in [3.05, 3.63) is 59.0 Å². The molecule has 2 heterocycles. The van der Waals surface area contributed by atoms with Gasteiger partial charge in [-0.2, -0.15) is 18.3 Å². The van der Waals surface area contributed by atoms with Crippen LogP contribution in [0.3, 0.4) is 0 Å². The molecule has 0 bridgehead atoms. The van der Waals surface area contributed by atoms with Gasteiger partial charge < -0.3 is 4.90 Å². The number of anilines is 2. The van der Waals surface area contributed by atoms with Gasteiger partial charge in [0.1, 0.15) is 11.6 Å². The summed E-state index contributed by atoms with van der Waals surface area (Å²) in [5.41, 5.74) is 4.51. The molecule has 8 heteroatoms. The number of hydrogen-bond donors (Lipinski definition) is 1. The number of halogens is 4. The number of aromatic nitrogens is 1. The highest BCUT2D eigenvalue weighted by atomic mass is 19.4. The first-order valence-corrected chi connectivity index (χ1v) is 9.16. The van der Waals surface area contributed by atoms with Crippen LogP contribution < -0.4 is 10.3 Å². The molecule has 0 amide bonds. The van der Waals surface area contributed by atoms with Gasteiger partial charge in [0.15, 0.2) is 0 Å². The van der Waals surface area contributed by atoms with E-state index in [4.69, 9.17) is 0 Å². The molecular formula is C21H22F4N4. The number of hydrazone groups is 1. The lowest BCUT2D eigenvalue weighted by Gasteiger charge is -2.42. The van der Waals surface area contributed by atoms with Crippen LogP contribution in [-0.2, 0) is 6.18 Å². The molecule has 0 saturated carbocycles. The van der Waals surface area contributed by atoms with Crippen LogP contribution in [0.2, 0.25) is 0 Å². The molecule has 1 N–H and O–H groups in total. The number of nitrogens with one attached hydrogen (secondary N) is 1. The van der Waals surface area contributed by atoms with Gasteiger partial charge in [-0.05, 0) is 57.5 Å². The zero-order chi connectivity index (χ0) is 21.4. The highest BCUT2D eigenvalue weighted by Crippen LogP contribution is 2.39. The van der Waals surface area contributed by atoms with Crippen LogP contribution >= 0.6 is 0 Å². The molecule has 0 unspecified atom stereocenters. The first kappa shape index (κ1) is 20.8. The van der Waals surface area contributed by atoms with Gasteiger partial charge in [-0.25, -0.2) is 9.37 Å². The molecule has 3 rings (SSSR count). The molecule has 1 aliphatic rings. The van der Waals surface area contributed by atoms with Crippen LogP contribution in [0.15, 0.2) is 41.6 Å². The van der Waals surface area contributed by atoms with E-state index in [1.807, 2.05) is 13.8 Å². The quantitative estimate of drug-likeness (QED) is 0.402. The molecule has 1 aromatic heterocycles. The van der Waals surface area contributed by atoms with Crippen LogP contribution in [0.5, 0.6) is 0 Å². The van der Waals surface area contributed by atoms with Gasteiger partial charge in [-0.1, -0.05) is 6.08 Å². The van der Waals surface area contributed by atoms with Crippen molar-refractivity contribution in [3.8, 4) is 0 Å². The topological polar surface area (TPSA) is 40.5 Å². The summed E-state index contributed by atoms with van der Waals surface area (Å²) >= 11 is 0. The van der Waals surface area contributed by atoms with Crippen molar-refractivity contribution >= 4 is 23.3 Å². The van der Waals surface area contributed by atoms with E-state index in [9.17, 15) is 17.6 Å². The minimum atomic E-state index is -4.45. The third kappa shape index (κ3) is 4.26. The van der Waals surface area contributed by atoms with Crippen LogP contribution in [0.25, 0.3) is 5.57 Å². The average Bonchev–Trinajstić information content (AvgIpc) is 2.62. The number of hydrogen-bond acceptors (Lipinski definition) is 4. The summed E-state index contributed by atoms with van der Waals surface area (Å²) in [4.78, 5) is 5.79. The molecule has 4 nitrogen and oxygen atoms in total. The monoisotopic (exact) mass is 406 g/mol. The fourth-order valence-electron chi connectivity index (χ4n) is 3.59. The van der Waals surface area contributed by atoms with Crippen molar-refractivity contribution in [2.75, 3.05) is 16.9 Å². The summed E-state index contributed by atoms with van der Waals surface area (Å²) in [5.74, 6) is -0.304. The molecule has 29 heavy (non-hydrogen) atoms. The Labute approximate surface area is 166 Å². The number of rotatable bonds is 4. The molecule has 1 aliphatic heterocycles. The molecule has 0 aliphatic carbocycles. The predicted octanol–water partition coefficient (Wildman–Crippen LogP) is 5.71. The van der Waals surface area contributed by atoms with Crippen molar-refractivity contribution in [2.45, 2.75) is 39.4 Å².